The third kappa shape index (κ3) is 2.35. The van der Waals surface area contributed by atoms with Gasteiger partial charge in [0.15, 0.2) is 0 Å². The van der Waals surface area contributed by atoms with Gasteiger partial charge in [0.25, 0.3) is 0 Å². The lowest BCUT2D eigenvalue weighted by atomic mass is 9.84. The van der Waals surface area contributed by atoms with Gasteiger partial charge in [-0.2, -0.15) is 13.2 Å². The first-order chi connectivity index (χ1) is 7.20. The molecule has 1 nitrogen and oxygen atoms in total. The molecule has 90 valence electrons. The van der Waals surface area contributed by atoms with Gasteiger partial charge < -0.3 is 5.11 Å². The second kappa shape index (κ2) is 4.05. The highest BCUT2D eigenvalue weighted by Crippen LogP contribution is 2.35. The molecule has 0 amide bonds. The molecule has 0 fully saturated rings. The fraction of sp³-hybridized carbons (Fsp3) is 0.455. The van der Waals surface area contributed by atoms with Crippen molar-refractivity contribution in [2.24, 2.45) is 0 Å². The summed E-state index contributed by atoms with van der Waals surface area (Å²) in [7, 11) is 0. The Labute approximate surface area is 90.7 Å². The molecule has 1 N–H and O–H groups in total. The van der Waals surface area contributed by atoms with Crippen molar-refractivity contribution in [2.45, 2.75) is 25.4 Å². The number of rotatable bonds is 2. The quantitative estimate of drug-likeness (QED) is 0.782. The molecule has 0 saturated heterocycles. The van der Waals surface area contributed by atoms with Crippen molar-refractivity contribution >= 4 is 0 Å². The van der Waals surface area contributed by atoms with Crippen molar-refractivity contribution in [1.82, 2.24) is 0 Å². The Morgan fingerprint density at radius 2 is 1.62 bits per heavy atom. The Morgan fingerprint density at radius 1 is 1.12 bits per heavy atom. The van der Waals surface area contributed by atoms with Crippen molar-refractivity contribution in [1.29, 1.82) is 0 Å². The molecule has 0 atom stereocenters. The van der Waals surface area contributed by atoms with Crippen LogP contribution in [-0.2, 0) is 11.6 Å². The monoisotopic (exact) mass is 236 g/mol. The van der Waals surface area contributed by atoms with Crippen LogP contribution in [0, 0.1) is 5.82 Å². The van der Waals surface area contributed by atoms with Crippen LogP contribution < -0.4 is 0 Å². The van der Waals surface area contributed by atoms with Crippen molar-refractivity contribution in [3.8, 4) is 0 Å². The molecule has 0 saturated carbocycles. The number of aliphatic hydroxyl groups excluding tert-OH is 1. The lowest BCUT2D eigenvalue weighted by Gasteiger charge is -2.24. The molecule has 16 heavy (non-hydrogen) atoms. The molecule has 0 aromatic heterocycles. The first kappa shape index (κ1) is 13.0. The molecule has 0 aliphatic heterocycles. The number of hydrogen-bond acceptors (Lipinski definition) is 1. The number of aliphatic hydroxyl groups is 1. The molecule has 0 bridgehead atoms. The Balaban J connectivity index is 3.36. The van der Waals surface area contributed by atoms with E-state index in [2.05, 4.69) is 0 Å². The molecular formula is C11H12F4O. The maximum atomic E-state index is 13.6. The third-order valence-electron chi connectivity index (χ3n) is 2.43. The Kier molecular flexibility index (Phi) is 3.28. The summed E-state index contributed by atoms with van der Waals surface area (Å²) < 4.78 is 50.9. The topological polar surface area (TPSA) is 20.2 Å². The van der Waals surface area contributed by atoms with Gasteiger partial charge in [-0.3, -0.25) is 0 Å². The van der Waals surface area contributed by atoms with Gasteiger partial charge in [0.05, 0.1) is 12.2 Å². The van der Waals surface area contributed by atoms with Crippen LogP contribution in [0.4, 0.5) is 17.6 Å². The Hall–Kier alpha value is -1.10. The fourth-order valence-corrected chi connectivity index (χ4v) is 1.36. The minimum Gasteiger partial charge on any atom is -0.395 e. The molecule has 0 unspecified atom stereocenters. The van der Waals surface area contributed by atoms with Crippen molar-refractivity contribution in [3.63, 3.8) is 0 Å². The molecule has 0 aliphatic rings. The Morgan fingerprint density at radius 3 is 2.06 bits per heavy atom. The molecule has 0 aliphatic carbocycles. The van der Waals surface area contributed by atoms with E-state index in [0.717, 1.165) is 6.07 Å². The lowest BCUT2D eigenvalue weighted by molar-refractivity contribution is -0.140. The van der Waals surface area contributed by atoms with Crippen LogP contribution in [0.2, 0.25) is 0 Å². The van der Waals surface area contributed by atoms with Gasteiger partial charge in [-0.15, -0.1) is 0 Å². The zero-order valence-corrected chi connectivity index (χ0v) is 8.90. The maximum Gasteiger partial charge on any atom is 0.419 e. The van der Waals surface area contributed by atoms with Crippen molar-refractivity contribution < 1.29 is 22.7 Å². The van der Waals surface area contributed by atoms with Crippen LogP contribution in [0.25, 0.3) is 0 Å². The van der Waals surface area contributed by atoms with Gasteiger partial charge in [0.2, 0.25) is 0 Å². The molecule has 1 rings (SSSR count). The van der Waals surface area contributed by atoms with E-state index < -0.39 is 29.6 Å². The van der Waals surface area contributed by atoms with E-state index in [4.69, 9.17) is 5.11 Å². The van der Waals surface area contributed by atoms with Crippen LogP contribution in [-0.4, -0.2) is 11.7 Å². The van der Waals surface area contributed by atoms with Gasteiger partial charge >= 0.3 is 6.18 Å². The summed E-state index contributed by atoms with van der Waals surface area (Å²) in [5, 5.41) is 9.02. The summed E-state index contributed by atoms with van der Waals surface area (Å²) in [5.74, 6) is -1.31. The zero-order valence-electron chi connectivity index (χ0n) is 8.90. The summed E-state index contributed by atoms with van der Waals surface area (Å²) in [4.78, 5) is 0. The fourth-order valence-electron chi connectivity index (χ4n) is 1.36. The summed E-state index contributed by atoms with van der Waals surface area (Å²) in [5.41, 5.74) is -2.47. The highest BCUT2D eigenvalue weighted by atomic mass is 19.4. The zero-order chi connectivity index (χ0) is 12.6. The van der Waals surface area contributed by atoms with Crippen LogP contribution >= 0.6 is 0 Å². The van der Waals surface area contributed by atoms with E-state index in [1.807, 2.05) is 0 Å². The van der Waals surface area contributed by atoms with E-state index in [0.29, 0.717) is 6.07 Å². The van der Waals surface area contributed by atoms with Crippen molar-refractivity contribution in [3.05, 3.63) is 35.1 Å². The summed E-state index contributed by atoms with van der Waals surface area (Å²) in [6.07, 6.45) is -4.72. The molecule has 1 aromatic rings. The lowest BCUT2D eigenvalue weighted by Crippen LogP contribution is -2.25. The first-order valence-corrected chi connectivity index (χ1v) is 4.67. The summed E-state index contributed by atoms with van der Waals surface area (Å²) >= 11 is 0. The number of hydrogen-bond donors (Lipinski definition) is 1. The molecule has 0 heterocycles. The smallest absolute Gasteiger partial charge is 0.395 e. The standard InChI is InChI=1S/C11H12F4O/c1-10(2,6-16)7-4-3-5-8(9(7)12)11(13,14)15/h3-5,16H,6H2,1-2H3. The van der Waals surface area contributed by atoms with Gasteiger partial charge in [0.1, 0.15) is 5.82 Å². The Bertz CT molecular complexity index is 382. The van der Waals surface area contributed by atoms with E-state index in [9.17, 15) is 17.6 Å². The first-order valence-electron chi connectivity index (χ1n) is 4.67. The maximum absolute atomic E-state index is 13.6. The van der Waals surface area contributed by atoms with E-state index >= 15 is 0 Å². The van der Waals surface area contributed by atoms with Crippen molar-refractivity contribution in [2.75, 3.05) is 6.61 Å². The van der Waals surface area contributed by atoms with Crippen LogP contribution in [0.3, 0.4) is 0 Å². The average molecular weight is 236 g/mol. The van der Waals surface area contributed by atoms with E-state index in [1.54, 1.807) is 0 Å². The van der Waals surface area contributed by atoms with Crippen LogP contribution in [0.15, 0.2) is 18.2 Å². The highest BCUT2D eigenvalue weighted by molar-refractivity contribution is 5.33. The number of halogens is 4. The van der Waals surface area contributed by atoms with E-state index in [1.165, 1.54) is 19.9 Å². The largest absolute Gasteiger partial charge is 0.419 e. The predicted molar refractivity (Wildman–Crippen MR) is 51.5 cm³/mol. The minimum absolute atomic E-state index is 0.134. The number of benzene rings is 1. The molecular weight excluding hydrogens is 224 g/mol. The summed E-state index contributed by atoms with van der Waals surface area (Å²) in [6, 6.07) is 3.08. The summed E-state index contributed by atoms with van der Waals surface area (Å²) in [6.45, 7) is 2.53. The average Bonchev–Trinajstić information content (AvgIpc) is 2.16. The van der Waals surface area contributed by atoms with Crippen LogP contribution in [0.5, 0.6) is 0 Å². The second-order valence-electron chi connectivity index (χ2n) is 4.21. The third-order valence-corrected chi connectivity index (χ3v) is 2.43. The predicted octanol–water partition coefficient (Wildman–Crippen LogP) is 3.11. The SMILES string of the molecule is CC(C)(CO)c1cccc(C(F)(F)F)c1F. The molecule has 5 heteroatoms. The van der Waals surface area contributed by atoms with Gasteiger partial charge in [-0.1, -0.05) is 26.0 Å². The number of alkyl halides is 3. The normalized spacial score (nSPS) is 12.9. The van der Waals surface area contributed by atoms with E-state index in [-0.39, 0.29) is 5.56 Å². The molecule has 0 radical (unpaired) electrons. The molecule has 1 aromatic carbocycles. The second-order valence-corrected chi connectivity index (χ2v) is 4.21. The van der Waals surface area contributed by atoms with Gasteiger partial charge in [-0.05, 0) is 11.6 Å². The van der Waals surface area contributed by atoms with Gasteiger partial charge in [-0.25, -0.2) is 4.39 Å². The minimum atomic E-state index is -4.72. The molecule has 0 spiro atoms. The van der Waals surface area contributed by atoms with Gasteiger partial charge in [0, 0.05) is 5.41 Å². The highest BCUT2D eigenvalue weighted by Gasteiger charge is 2.36. The van der Waals surface area contributed by atoms with Crippen LogP contribution in [0.1, 0.15) is 25.0 Å².